The quantitative estimate of drug-likeness (QED) is 0.472. The average molecular weight is 426 g/mol. The van der Waals surface area contributed by atoms with E-state index in [0.717, 1.165) is 27.9 Å². The molecule has 0 saturated carbocycles. The zero-order chi connectivity index (χ0) is 22.1. The Balaban J connectivity index is 1.59. The molecular formula is C25H19FN4O2. The number of methoxy groups -OCH3 is 1. The minimum atomic E-state index is -0.578. The summed E-state index contributed by atoms with van der Waals surface area (Å²) in [7, 11) is 1.60. The molecular weight excluding hydrogens is 407 g/mol. The zero-order valence-electron chi connectivity index (χ0n) is 17.3. The van der Waals surface area contributed by atoms with Gasteiger partial charge >= 0.3 is 0 Å². The van der Waals surface area contributed by atoms with Crippen molar-refractivity contribution in [1.82, 2.24) is 15.0 Å². The normalized spacial score (nSPS) is 15.6. The lowest BCUT2D eigenvalue weighted by Gasteiger charge is -2.22. The van der Waals surface area contributed by atoms with Gasteiger partial charge in [0.15, 0.2) is 0 Å². The van der Waals surface area contributed by atoms with Crippen LogP contribution < -0.4 is 4.74 Å². The molecule has 0 N–H and O–H groups in total. The van der Waals surface area contributed by atoms with Gasteiger partial charge in [0.2, 0.25) is 0 Å². The molecule has 0 bridgehead atoms. The van der Waals surface area contributed by atoms with E-state index in [-0.39, 0.29) is 5.56 Å². The first-order valence-electron chi connectivity index (χ1n) is 10.1. The second-order valence-electron chi connectivity index (χ2n) is 7.43. The van der Waals surface area contributed by atoms with Crippen LogP contribution in [0.3, 0.4) is 0 Å². The van der Waals surface area contributed by atoms with E-state index in [2.05, 4.69) is 15.1 Å². The Morgan fingerprint density at radius 3 is 2.62 bits per heavy atom. The first-order valence-corrected chi connectivity index (χ1v) is 10.1. The van der Waals surface area contributed by atoms with Crippen LogP contribution in [0.4, 0.5) is 4.39 Å². The Morgan fingerprint density at radius 2 is 1.81 bits per heavy atom. The van der Waals surface area contributed by atoms with Crippen LogP contribution in [0.2, 0.25) is 0 Å². The highest BCUT2D eigenvalue weighted by atomic mass is 19.1. The topological polar surface area (TPSA) is 67.7 Å². The summed E-state index contributed by atoms with van der Waals surface area (Å²) in [5.74, 6) is -0.377. The number of rotatable bonds is 4. The van der Waals surface area contributed by atoms with Gasteiger partial charge in [-0.3, -0.25) is 14.8 Å². The highest BCUT2D eigenvalue weighted by molar-refractivity contribution is 6.05. The number of carbonyl (C=O) groups excluding carboxylic acids is 1. The van der Waals surface area contributed by atoms with Crippen molar-refractivity contribution < 1.29 is 13.9 Å². The predicted molar refractivity (Wildman–Crippen MR) is 119 cm³/mol. The van der Waals surface area contributed by atoms with Crippen molar-refractivity contribution in [1.29, 1.82) is 0 Å². The zero-order valence-corrected chi connectivity index (χ0v) is 17.3. The number of carbonyl (C=O) groups is 1. The number of aromatic nitrogens is 2. The van der Waals surface area contributed by atoms with Gasteiger partial charge in [-0.1, -0.05) is 30.3 Å². The predicted octanol–water partition coefficient (Wildman–Crippen LogP) is 4.77. The molecule has 1 atom stereocenters. The van der Waals surface area contributed by atoms with Crippen LogP contribution in [0.1, 0.15) is 33.9 Å². The third kappa shape index (κ3) is 3.58. The second-order valence-corrected chi connectivity index (χ2v) is 7.43. The van der Waals surface area contributed by atoms with Gasteiger partial charge in [0, 0.05) is 24.4 Å². The molecule has 1 unspecified atom stereocenters. The fraction of sp³-hybridized carbons (Fsp3) is 0.120. The maximum Gasteiger partial charge on any atom is 0.277 e. The van der Waals surface area contributed by atoms with Crippen LogP contribution >= 0.6 is 0 Å². The molecule has 1 aliphatic heterocycles. The van der Waals surface area contributed by atoms with Gasteiger partial charge < -0.3 is 4.74 Å². The maximum atomic E-state index is 14.4. The molecule has 1 aliphatic rings. The molecule has 1 amide bonds. The number of hydrazone groups is 1. The van der Waals surface area contributed by atoms with Gasteiger partial charge in [0.1, 0.15) is 11.6 Å². The van der Waals surface area contributed by atoms with Gasteiger partial charge in [0.25, 0.3) is 5.91 Å². The van der Waals surface area contributed by atoms with E-state index < -0.39 is 17.8 Å². The minimum Gasteiger partial charge on any atom is -0.497 e. The molecule has 0 aliphatic carbocycles. The molecule has 7 heteroatoms. The Morgan fingerprint density at radius 1 is 1.00 bits per heavy atom. The Bertz CT molecular complexity index is 1350. The van der Waals surface area contributed by atoms with Gasteiger partial charge in [-0.05, 0) is 42.0 Å². The number of halogens is 1. The molecule has 0 spiro atoms. The average Bonchev–Trinajstić information content (AvgIpc) is 3.29. The smallest absolute Gasteiger partial charge is 0.277 e. The molecule has 32 heavy (non-hydrogen) atoms. The number of amides is 1. The highest BCUT2D eigenvalue weighted by Crippen LogP contribution is 2.35. The molecule has 0 radical (unpaired) electrons. The maximum absolute atomic E-state index is 14.4. The van der Waals surface area contributed by atoms with E-state index in [9.17, 15) is 9.18 Å². The molecule has 5 rings (SSSR count). The van der Waals surface area contributed by atoms with E-state index in [1.807, 2.05) is 42.5 Å². The number of hydrogen-bond acceptors (Lipinski definition) is 5. The van der Waals surface area contributed by atoms with Crippen molar-refractivity contribution in [2.75, 3.05) is 7.11 Å². The molecule has 158 valence electrons. The monoisotopic (exact) mass is 426 g/mol. The van der Waals surface area contributed by atoms with Crippen LogP contribution in [0, 0.1) is 5.82 Å². The number of ether oxygens (including phenoxy) is 1. The van der Waals surface area contributed by atoms with Gasteiger partial charge in [-0.2, -0.15) is 5.10 Å². The fourth-order valence-electron chi connectivity index (χ4n) is 3.88. The fourth-order valence-corrected chi connectivity index (χ4v) is 3.88. The van der Waals surface area contributed by atoms with Gasteiger partial charge in [0.05, 0.1) is 35.5 Å². The van der Waals surface area contributed by atoms with Crippen LogP contribution in [0.15, 0.2) is 84.2 Å². The standard InChI is InChI=1S/C25H19FN4O2/c1-32-18-6-4-5-16(13-18)22-15-24(17-9-10-21-23(14-17)28-12-11-27-21)30(29-22)25(31)19-7-2-3-8-20(19)26/h2-14,24H,15H2,1H3. The van der Waals surface area contributed by atoms with Crippen molar-refractivity contribution in [3.8, 4) is 5.75 Å². The SMILES string of the molecule is COc1cccc(C2=NN(C(=O)c3ccccc3F)C(c3ccc4nccnc4c3)C2)c1. The van der Waals surface area contributed by atoms with Gasteiger partial charge in [-0.25, -0.2) is 9.40 Å². The highest BCUT2D eigenvalue weighted by Gasteiger charge is 2.35. The first-order chi connectivity index (χ1) is 15.6. The van der Waals surface area contributed by atoms with E-state index in [1.165, 1.54) is 17.1 Å². The van der Waals surface area contributed by atoms with Crippen molar-refractivity contribution >= 4 is 22.7 Å². The van der Waals surface area contributed by atoms with Crippen LogP contribution in [-0.4, -0.2) is 33.7 Å². The molecule has 0 fully saturated rings. The first kappa shape index (κ1) is 19.8. The van der Waals surface area contributed by atoms with E-state index in [4.69, 9.17) is 4.74 Å². The van der Waals surface area contributed by atoms with Gasteiger partial charge in [-0.15, -0.1) is 0 Å². The summed E-state index contributed by atoms with van der Waals surface area (Å²) in [6.45, 7) is 0. The number of benzene rings is 3. The summed E-state index contributed by atoms with van der Waals surface area (Å²) in [5.41, 5.74) is 3.88. The lowest BCUT2D eigenvalue weighted by atomic mass is 9.97. The Hall–Kier alpha value is -4.13. The largest absolute Gasteiger partial charge is 0.497 e. The molecule has 1 aromatic heterocycles. The van der Waals surface area contributed by atoms with Crippen LogP contribution in [-0.2, 0) is 0 Å². The molecule has 3 aromatic carbocycles. The molecule has 2 heterocycles. The van der Waals surface area contributed by atoms with Crippen LogP contribution in [0.25, 0.3) is 11.0 Å². The van der Waals surface area contributed by atoms with E-state index in [1.54, 1.807) is 31.6 Å². The summed E-state index contributed by atoms with van der Waals surface area (Å²) < 4.78 is 19.8. The summed E-state index contributed by atoms with van der Waals surface area (Å²) in [4.78, 5) is 22.0. The number of fused-ring (bicyclic) bond motifs is 1. The Kier molecular flexibility index (Phi) is 5.07. The van der Waals surface area contributed by atoms with Crippen molar-refractivity contribution in [3.05, 3.63) is 102 Å². The summed E-state index contributed by atoms with van der Waals surface area (Å²) in [5, 5.41) is 6.00. The summed E-state index contributed by atoms with van der Waals surface area (Å²) in [6, 6.07) is 18.7. The van der Waals surface area contributed by atoms with E-state index in [0.29, 0.717) is 12.2 Å². The summed E-state index contributed by atoms with van der Waals surface area (Å²) in [6.07, 6.45) is 3.73. The minimum absolute atomic E-state index is 0.0197. The third-order valence-corrected chi connectivity index (χ3v) is 5.50. The van der Waals surface area contributed by atoms with Crippen molar-refractivity contribution in [2.24, 2.45) is 5.10 Å². The lowest BCUT2D eigenvalue weighted by molar-refractivity contribution is 0.0706. The third-order valence-electron chi connectivity index (χ3n) is 5.50. The van der Waals surface area contributed by atoms with Crippen molar-refractivity contribution in [2.45, 2.75) is 12.5 Å². The van der Waals surface area contributed by atoms with Crippen molar-refractivity contribution in [3.63, 3.8) is 0 Å². The Labute approximate surface area is 184 Å². The van der Waals surface area contributed by atoms with E-state index >= 15 is 0 Å². The number of nitrogens with zero attached hydrogens (tertiary/aromatic N) is 4. The number of hydrogen-bond donors (Lipinski definition) is 0. The summed E-state index contributed by atoms with van der Waals surface area (Å²) >= 11 is 0. The second kappa shape index (κ2) is 8.19. The lowest BCUT2D eigenvalue weighted by Crippen LogP contribution is -2.27. The molecule has 6 nitrogen and oxygen atoms in total. The molecule has 0 saturated heterocycles. The van der Waals surface area contributed by atoms with Crippen LogP contribution in [0.5, 0.6) is 5.75 Å². The molecule has 4 aromatic rings.